The topological polar surface area (TPSA) is 94.6 Å². The van der Waals surface area contributed by atoms with E-state index < -0.39 is 0 Å². The van der Waals surface area contributed by atoms with Crippen LogP contribution in [0.4, 0.5) is 16.2 Å². The van der Waals surface area contributed by atoms with Crippen molar-refractivity contribution < 1.29 is 19.0 Å². The lowest BCUT2D eigenvalue weighted by molar-refractivity contribution is 0.262. The number of nitrogens with zero attached hydrogens (tertiary/aromatic N) is 2. The van der Waals surface area contributed by atoms with Gasteiger partial charge in [0.1, 0.15) is 12.1 Å². The molecule has 0 saturated heterocycles. The number of hydrogen-bond acceptors (Lipinski definition) is 6. The maximum absolute atomic E-state index is 12.2. The smallest absolute Gasteiger partial charge is 0.323 e. The lowest BCUT2D eigenvalue weighted by Gasteiger charge is -2.12. The molecule has 3 aromatic carbocycles. The van der Waals surface area contributed by atoms with Crippen LogP contribution in [0, 0.1) is 0 Å². The van der Waals surface area contributed by atoms with E-state index in [1.165, 1.54) is 6.33 Å². The Morgan fingerprint density at radius 3 is 2.06 bits per heavy atom. The van der Waals surface area contributed by atoms with Crippen LogP contribution < -0.4 is 24.8 Å². The third kappa shape index (κ3) is 4.89. The van der Waals surface area contributed by atoms with Crippen molar-refractivity contribution >= 4 is 44.2 Å². The number of hydrogen-bond donors (Lipinski definition) is 2. The molecule has 9 heteroatoms. The second-order valence-electron chi connectivity index (χ2n) is 6.62. The first kappa shape index (κ1) is 21.4. The summed E-state index contributed by atoms with van der Waals surface area (Å²) in [5.41, 5.74) is 1.97. The first-order chi connectivity index (χ1) is 15.6. The van der Waals surface area contributed by atoms with E-state index in [-0.39, 0.29) is 6.03 Å². The molecule has 2 N–H and O–H groups in total. The Hall–Kier alpha value is -3.85. The molecule has 8 nitrogen and oxygen atoms in total. The standard InChI is InChI=1S/C23H19BrN4O4/c1-30-20-11-18-19(12-21(20)31-2)25-13-26-22(18)32-17-9-7-16(8-10-17)28-23(29)27-15-5-3-14(24)4-6-15/h3-13H,1-2H3,(H2,27,28,29). The van der Waals surface area contributed by atoms with E-state index >= 15 is 0 Å². The fourth-order valence-corrected chi connectivity index (χ4v) is 3.25. The van der Waals surface area contributed by atoms with Crippen LogP contribution in [-0.2, 0) is 0 Å². The molecule has 0 aliphatic carbocycles. The minimum atomic E-state index is -0.344. The van der Waals surface area contributed by atoms with Crippen LogP contribution in [0.5, 0.6) is 23.1 Å². The third-order valence-electron chi connectivity index (χ3n) is 4.53. The summed E-state index contributed by atoms with van der Waals surface area (Å²) in [5, 5.41) is 6.23. The van der Waals surface area contributed by atoms with Gasteiger partial charge in [-0.3, -0.25) is 0 Å². The first-order valence-corrected chi connectivity index (χ1v) is 10.3. The third-order valence-corrected chi connectivity index (χ3v) is 5.06. The van der Waals surface area contributed by atoms with Gasteiger partial charge in [-0.1, -0.05) is 15.9 Å². The van der Waals surface area contributed by atoms with Crippen molar-refractivity contribution in [3.05, 3.63) is 71.5 Å². The SMILES string of the molecule is COc1cc2ncnc(Oc3ccc(NC(=O)Nc4ccc(Br)cc4)cc3)c2cc1OC. The number of carbonyl (C=O) groups excluding carboxylic acids is 1. The van der Waals surface area contributed by atoms with E-state index in [1.807, 2.05) is 12.1 Å². The van der Waals surface area contributed by atoms with Crippen molar-refractivity contribution in [1.29, 1.82) is 0 Å². The van der Waals surface area contributed by atoms with Crippen molar-refractivity contribution in [3.8, 4) is 23.1 Å². The molecular formula is C23H19BrN4O4. The van der Waals surface area contributed by atoms with Gasteiger partial charge in [0.15, 0.2) is 11.5 Å². The van der Waals surface area contributed by atoms with Gasteiger partial charge in [0.25, 0.3) is 0 Å². The Morgan fingerprint density at radius 1 is 0.844 bits per heavy atom. The molecule has 4 rings (SSSR count). The average molecular weight is 495 g/mol. The second-order valence-corrected chi connectivity index (χ2v) is 7.53. The van der Waals surface area contributed by atoms with Crippen LogP contribution in [-0.4, -0.2) is 30.2 Å². The molecule has 162 valence electrons. The minimum Gasteiger partial charge on any atom is -0.493 e. The summed E-state index contributed by atoms with van der Waals surface area (Å²) in [6.45, 7) is 0. The van der Waals surface area contributed by atoms with E-state index in [4.69, 9.17) is 14.2 Å². The molecule has 0 saturated carbocycles. The quantitative estimate of drug-likeness (QED) is 0.349. The number of methoxy groups -OCH3 is 2. The van der Waals surface area contributed by atoms with Gasteiger partial charge in [-0.05, 0) is 54.6 Å². The molecule has 0 radical (unpaired) electrons. The lowest BCUT2D eigenvalue weighted by Crippen LogP contribution is -2.19. The maximum atomic E-state index is 12.2. The molecule has 0 aliphatic rings. The van der Waals surface area contributed by atoms with Crippen LogP contribution in [0.1, 0.15) is 0 Å². The van der Waals surface area contributed by atoms with Crippen LogP contribution in [0.2, 0.25) is 0 Å². The largest absolute Gasteiger partial charge is 0.493 e. The number of urea groups is 1. The molecule has 0 fully saturated rings. The zero-order valence-electron chi connectivity index (χ0n) is 17.3. The Bertz CT molecular complexity index is 1250. The van der Waals surface area contributed by atoms with E-state index in [0.29, 0.717) is 45.4 Å². The van der Waals surface area contributed by atoms with Gasteiger partial charge in [0.2, 0.25) is 5.88 Å². The van der Waals surface area contributed by atoms with Crippen molar-refractivity contribution in [2.45, 2.75) is 0 Å². The van der Waals surface area contributed by atoms with Gasteiger partial charge in [-0.15, -0.1) is 0 Å². The number of carbonyl (C=O) groups is 1. The molecule has 0 unspecified atom stereocenters. The zero-order chi connectivity index (χ0) is 22.5. The van der Waals surface area contributed by atoms with Crippen molar-refractivity contribution in [1.82, 2.24) is 9.97 Å². The van der Waals surface area contributed by atoms with Gasteiger partial charge in [0, 0.05) is 21.9 Å². The maximum Gasteiger partial charge on any atom is 0.323 e. The summed E-state index contributed by atoms with van der Waals surface area (Å²) in [5.74, 6) is 2.06. The predicted octanol–water partition coefficient (Wildman–Crippen LogP) is 5.85. The number of rotatable bonds is 6. The van der Waals surface area contributed by atoms with Gasteiger partial charge in [-0.2, -0.15) is 0 Å². The molecule has 1 heterocycles. The summed E-state index contributed by atoms with van der Waals surface area (Å²) in [4.78, 5) is 20.7. The highest BCUT2D eigenvalue weighted by Gasteiger charge is 2.12. The Labute approximate surface area is 192 Å². The number of ether oxygens (including phenoxy) is 3. The second kappa shape index (κ2) is 9.52. The number of halogens is 1. The average Bonchev–Trinajstić information content (AvgIpc) is 2.81. The van der Waals surface area contributed by atoms with Crippen molar-refractivity contribution in [3.63, 3.8) is 0 Å². The first-order valence-electron chi connectivity index (χ1n) is 9.54. The number of nitrogens with one attached hydrogen (secondary N) is 2. The Morgan fingerprint density at radius 2 is 1.44 bits per heavy atom. The highest BCUT2D eigenvalue weighted by atomic mass is 79.9. The fourth-order valence-electron chi connectivity index (χ4n) is 2.99. The predicted molar refractivity (Wildman–Crippen MR) is 126 cm³/mol. The molecule has 4 aromatic rings. The van der Waals surface area contributed by atoms with Crippen LogP contribution >= 0.6 is 15.9 Å². The normalized spacial score (nSPS) is 10.5. The molecule has 0 spiro atoms. The van der Waals surface area contributed by atoms with Crippen molar-refractivity contribution in [2.75, 3.05) is 24.9 Å². The van der Waals surface area contributed by atoms with E-state index in [9.17, 15) is 4.79 Å². The summed E-state index contributed by atoms with van der Waals surface area (Å²) in [7, 11) is 3.13. The van der Waals surface area contributed by atoms with Gasteiger partial charge in [-0.25, -0.2) is 14.8 Å². The lowest BCUT2D eigenvalue weighted by atomic mass is 10.2. The number of benzene rings is 3. The molecule has 1 aromatic heterocycles. The van der Waals surface area contributed by atoms with Gasteiger partial charge < -0.3 is 24.8 Å². The number of aromatic nitrogens is 2. The molecular weight excluding hydrogens is 476 g/mol. The van der Waals surface area contributed by atoms with Gasteiger partial charge >= 0.3 is 6.03 Å². The highest BCUT2D eigenvalue weighted by molar-refractivity contribution is 9.10. The molecule has 0 aliphatic heterocycles. The molecule has 0 atom stereocenters. The Kier molecular flexibility index (Phi) is 6.37. The van der Waals surface area contributed by atoms with E-state index in [2.05, 4.69) is 36.5 Å². The van der Waals surface area contributed by atoms with Crippen LogP contribution in [0.25, 0.3) is 10.9 Å². The molecule has 32 heavy (non-hydrogen) atoms. The summed E-state index contributed by atoms with van der Waals surface area (Å²) >= 11 is 3.36. The Balaban J connectivity index is 1.47. The molecule has 2 amide bonds. The van der Waals surface area contributed by atoms with Crippen molar-refractivity contribution in [2.24, 2.45) is 0 Å². The monoisotopic (exact) mass is 494 g/mol. The number of fused-ring (bicyclic) bond motifs is 1. The minimum absolute atomic E-state index is 0.344. The fraction of sp³-hybridized carbons (Fsp3) is 0.0870. The summed E-state index contributed by atoms with van der Waals surface area (Å²) < 4.78 is 17.6. The van der Waals surface area contributed by atoms with Crippen LogP contribution in [0.15, 0.2) is 71.5 Å². The highest BCUT2D eigenvalue weighted by Crippen LogP contribution is 2.35. The summed E-state index contributed by atoms with van der Waals surface area (Å²) in [6.07, 6.45) is 1.42. The van der Waals surface area contributed by atoms with E-state index in [0.717, 1.165) is 4.47 Å². The molecule has 0 bridgehead atoms. The summed E-state index contributed by atoms with van der Waals surface area (Å²) in [6, 6.07) is 17.5. The van der Waals surface area contributed by atoms with Gasteiger partial charge in [0.05, 0.1) is 25.1 Å². The van der Waals surface area contributed by atoms with Crippen LogP contribution in [0.3, 0.4) is 0 Å². The van der Waals surface area contributed by atoms with E-state index in [1.54, 1.807) is 62.8 Å². The zero-order valence-corrected chi connectivity index (χ0v) is 18.8. The number of amides is 2. The number of anilines is 2.